The largest absolute Gasteiger partial charge is 0.462 e. The van der Waals surface area contributed by atoms with E-state index < -0.39 is 0 Å². The topological polar surface area (TPSA) is 9.23 Å². The Morgan fingerprint density at radius 1 is 0.957 bits per heavy atom. The van der Waals surface area contributed by atoms with Crippen LogP contribution in [0.2, 0.25) is 0 Å². The molecule has 0 bridgehead atoms. The van der Waals surface area contributed by atoms with Crippen molar-refractivity contribution in [1.29, 1.82) is 0 Å². The van der Waals surface area contributed by atoms with E-state index in [0.29, 0.717) is 17.3 Å². The van der Waals surface area contributed by atoms with Gasteiger partial charge in [0.2, 0.25) is 0 Å². The second kappa shape index (κ2) is 6.71. The van der Waals surface area contributed by atoms with Gasteiger partial charge in [-0.1, -0.05) is 60.6 Å². The van der Waals surface area contributed by atoms with Crippen molar-refractivity contribution >= 4 is 0 Å². The van der Waals surface area contributed by atoms with Gasteiger partial charge in [0.05, 0.1) is 0 Å². The molecular formula is C22H34O. The van der Waals surface area contributed by atoms with Crippen LogP contribution >= 0.6 is 0 Å². The second-order valence-corrected chi connectivity index (χ2v) is 9.27. The predicted octanol–water partition coefficient (Wildman–Crippen LogP) is 6.73. The van der Waals surface area contributed by atoms with Crippen LogP contribution in [0.1, 0.15) is 73.3 Å². The third-order valence-corrected chi connectivity index (χ3v) is 4.83. The molecule has 1 nitrogen and oxygen atoms in total. The summed E-state index contributed by atoms with van der Waals surface area (Å²) in [5.41, 5.74) is 1.90. The van der Waals surface area contributed by atoms with Crippen molar-refractivity contribution in [2.24, 2.45) is 17.3 Å². The van der Waals surface area contributed by atoms with Crippen molar-refractivity contribution in [2.75, 3.05) is 0 Å². The molecule has 0 N–H and O–H groups in total. The summed E-state index contributed by atoms with van der Waals surface area (Å²) >= 11 is 0. The lowest BCUT2D eigenvalue weighted by molar-refractivity contribution is 0.283. The highest BCUT2D eigenvalue weighted by molar-refractivity contribution is 5.33. The maximum atomic E-state index is 6.17. The minimum Gasteiger partial charge on any atom is -0.462 e. The summed E-state index contributed by atoms with van der Waals surface area (Å²) in [5, 5.41) is 0. The minimum atomic E-state index is 0.183. The number of hydrogen-bond acceptors (Lipinski definition) is 1. The van der Waals surface area contributed by atoms with Gasteiger partial charge in [0, 0.05) is 5.92 Å². The number of allylic oxidation sites excluding steroid dienone is 2. The van der Waals surface area contributed by atoms with Crippen LogP contribution in [0, 0.1) is 17.3 Å². The Bertz CT molecular complexity index is 542. The highest BCUT2D eigenvalue weighted by Gasteiger charge is 2.27. The lowest BCUT2D eigenvalue weighted by Crippen LogP contribution is -2.24. The quantitative estimate of drug-likeness (QED) is 0.598. The maximum Gasteiger partial charge on any atom is 0.126 e. The molecule has 23 heavy (non-hydrogen) atoms. The molecule has 1 aliphatic carbocycles. The highest BCUT2D eigenvalue weighted by atomic mass is 16.5. The molecule has 0 amide bonds. The molecule has 1 aromatic rings. The normalized spacial score (nSPS) is 22.7. The zero-order chi connectivity index (χ0) is 17.3. The molecule has 1 aliphatic rings. The molecule has 2 atom stereocenters. The maximum absolute atomic E-state index is 6.17. The van der Waals surface area contributed by atoms with Crippen LogP contribution in [-0.2, 0) is 5.41 Å². The fourth-order valence-electron chi connectivity index (χ4n) is 3.86. The molecule has 1 heteroatoms. The number of rotatable bonds is 4. The van der Waals surface area contributed by atoms with E-state index in [-0.39, 0.29) is 5.41 Å². The third kappa shape index (κ3) is 5.12. The van der Waals surface area contributed by atoms with Crippen molar-refractivity contribution in [3.63, 3.8) is 0 Å². The molecular weight excluding hydrogens is 280 g/mol. The Balaban J connectivity index is 2.10. The predicted molar refractivity (Wildman–Crippen MR) is 99.8 cm³/mol. The molecule has 0 spiro atoms. The van der Waals surface area contributed by atoms with Crippen molar-refractivity contribution in [3.05, 3.63) is 41.7 Å². The number of hydrogen-bond donors (Lipinski definition) is 0. The van der Waals surface area contributed by atoms with Gasteiger partial charge in [0.25, 0.3) is 0 Å². The van der Waals surface area contributed by atoms with Crippen LogP contribution in [0.15, 0.2) is 36.1 Å². The smallest absolute Gasteiger partial charge is 0.126 e. The standard InChI is InChI=1S/C22H34O/c1-16-8-9-17(2)20(14-16)23-19-12-10-18(11-13-19)22(6,7)15-21(3,4)5/h10-14,16-17H,8-9,15H2,1-7H3. The molecule has 0 heterocycles. The first-order chi connectivity index (χ1) is 10.6. The molecule has 0 saturated heterocycles. The summed E-state index contributed by atoms with van der Waals surface area (Å²) in [7, 11) is 0. The van der Waals surface area contributed by atoms with Gasteiger partial charge in [-0.15, -0.1) is 0 Å². The van der Waals surface area contributed by atoms with Gasteiger partial charge < -0.3 is 4.74 Å². The molecule has 0 aromatic heterocycles. The molecule has 0 aliphatic heterocycles. The molecule has 0 radical (unpaired) electrons. The summed E-state index contributed by atoms with van der Waals surface area (Å²) in [6.45, 7) is 16.1. The zero-order valence-electron chi connectivity index (χ0n) is 16.1. The number of benzene rings is 1. The van der Waals surface area contributed by atoms with Gasteiger partial charge in [0.15, 0.2) is 0 Å². The van der Waals surface area contributed by atoms with E-state index in [1.165, 1.54) is 24.8 Å². The van der Waals surface area contributed by atoms with Crippen LogP contribution in [0.25, 0.3) is 0 Å². The summed E-state index contributed by atoms with van der Waals surface area (Å²) < 4.78 is 6.17. The summed E-state index contributed by atoms with van der Waals surface area (Å²) in [5.74, 6) is 3.27. The molecule has 2 unspecified atom stereocenters. The Kier molecular flexibility index (Phi) is 5.28. The lowest BCUT2D eigenvalue weighted by Gasteiger charge is -2.33. The Hall–Kier alpha value is -1.24. The molecule has 0 saturated carbocycles. The van der Waals surface area contributed by atoms with Crippen LogP contribution < -0.4 is 4.74 Å². The molecule has 1 aromatic carbocycles. The molecule has 128 valence electrons. The Morgan fingerprint density at radius 3 is 2.13 bits per heavy atom. The second-order valence-electron chi connectivity index (χ2n) is 9.27. The van der Waals surface area contributed by atoms with Gasteiger partial charge >= 0.3 is 0 Å². The van der Waals surface area contributed by atoms with Crippen molar-refractivity contribution in [3.8, 4) is 5.75 Å². The highest BCUT2D eigenvalue weighted by Crippen LogP contribution is 2.37. The van der Waals surface area contributed by atoms with E-state index in [1.54, 1.807) is 0 Å². The minimum absolute atomic E-state index is 0.183. The summed E-state index contributed by atoms with van der Waals surface area (Å²) in [6, 6.07) is 8.73. The third-order valence-electron chi connectivity index (χ3n) is 4.83. The van der Waals surface area contributed by atoms with E-state index >= 15 is 0 Å². The lowest BCUT2D eigenvalue weighted by atomic mass is 9.72. The summed E-state index contributed by atoms with van der Waals surface area (Å²) in [6.07, 6.45) is 5.96. The molecule has 0 fully saturated rings. The van der Waals surface area contributed by atoms with Crippen molar-refractivity contribution in [2.45, 2.75) is 73.1 Å². The van der Waals surface area contributed by atoms with Gasteiger partial charge in [-0.05, 0) is 59.8 Å². The average molecular weight is 315 g/mol. The van der Waals surface area contributed by atoms with Crippen molar-refractivity contribution < 1.29 is 4.74 Å². The van der Waals surface area contributed by atoms with Gasteiger partial charge in [-0.2, -0.15) is 0 Å². The fraction of sp³-hybridized carbons (Fsp3) is 0.636. The fourth-order valence-corrected chi connectivity index (χ4v) is 3.86. The Morgan fingerprint density at radius 2 is 1.57 bits per heavy atom. The van der Waals surface area contributed by atoms with Crippen LogP contribution in [-0.4, -0.2) is 0 Å². The van der Waals surface area contributed by atoms with E-state index in [4.69, 9.17) is 4.74 Å². The van der Waals surface area contributed by atoms with E-state index in [0.717, 1.165) is 11.5 Å². The summed E-state index contributed by atoms with van der Waals surface area (Å²) in [4.78, 5) is 0. The van der Waals surface area contributed by atoms with Gasteiger partial charge in [-0.3, -0.25) is 0 Å². The van der Waals surface area contributed by atoms with Gasteiger partial charge in [-0.25, -0.2) is 0 Å². The van der Waals surface area contributed by atoms with Crippen LogP contribution in [0.4, 0.5) is 0 Å². The Labute approximate surface area is 143 Å². The van der Waals surface area contributed by atoms with Crippen LogP contribution in [0.3, 0.4) is 0 Å². The monoisotopic (exact) mass is 314 g/mol. The number of ether oxygens (including phenoxy) is 1. The first-order valence-corrected chi connectivity index (χ1v) is 9.07. The van der Waals surface area contributed by atoms with E-state index in [2.05, 4.69) is 78.8 Å². The SMILES string of the molecule is CC1C=C(Oc2ccc(C(C)(C)CC(C)(C)C)cc2)C(C)CC1. The first kappa shape index (κ1) is 18.1. The van der Waals surface area contributed by atoms with Gasteiger partial charge in [0.1, 0.15) is 11.5 Å². The zero-order valence-corrected chi connectivity index (χ0v) is 16.1. The van der Waals surface area contributed by atoms with E-state index in [1.807, 2.05) is 0 Å². The average Bonchev–Trinajstić information content (AvgIpc) is 2.41. The molecule has 2 rings (SSSR count). The van der Waals surface area contributed by atoms with E-state index in [9.17, 15) is 0 Å². The first-order valence-electron chi connectivity index (χ1n) is 9.07. The van der Waals surface area contributed by atoms with Crippen LogP contribution in [0.5, 0.6) is 5.75 Å². The van der Waals surface area contributed by atoms with Crippen molar-refractivity contribution in [1.82, 2.24) is 0 Å².